The largest absolute Gasteiger partial charge is 0.497 e. The number of nitrogens with zero attached hydrogens (tertiary/aromatic N) is 1. The Morgan fingerprint density at radius 3 is 2.15 bits per heavy atom. The number of fused-ring (bicyclic) bond motifs is 1. The third-order valence-corrected chi connectivity index (χ3v) is 10.7. The van der Waals surface area contributed by atoms with Crippen LogP contribution in [0.3, 0.4) is 0 Å². The number of nitrogens with one attached hydrogen (secondary N) is 3. The van der Waals surface area contributed by atoms with Crippen molar-refractivity contribution < 1.29 is 56.5 Å². The van der Waals surface area contributed by atoms with Crippen LogP contribution < -0.4 is 20.7 Å². The molecule has 1 aromatic rings. The molecule has 2 heterocycles. The van der Waals surface area contributed by atoms with Crippen LogP contribution in [0.2, 0.25) is 0 Å². The van der Waals surface area contributed by atoms with E-state index in [1.165, 1.54) is 32.1 Å². The molecule has 0 bridgehead atoms. The van der Waals surface area contributed by atoms with Gasteiger partial charge in [-0.15, -0.1) is 0 Å². The van der Waals surface area contributed by atoms with Crippen molar-refractivity contribution in [2.24, 2.45) is 17.8 Å². The molecule has 5 rings (SSSR count). The molecule has 1 aromatic carbocycles. The summed E-state index contributed by atoms with van der Waals surface area (Å²) in [6.07, 6.45) is 4.11. The van der Waals surface area contributed by atoms with Crippen LogP contribution in [0.25, 0.3) is 0 Å². The summed E-state index contributed by atoms with van der Waals surface area (Å²) in [7, 11) is 1.59. The van der Waals surface area contributed by atoms with E-state index in [-0.39, 0.29) is 24.7 Å². The molecule has 2 aliphatic heterocycles. The number of carbonyl (C=O) groups is 5. The molecule has 0 spiro atoms. The standard InChI is InChI=1S/C35H52N4O7.C2HF3O2/c1-23(36-31(40)21-39-15-17-45-18-16-39)33(42)38-30(19-24-11-13-27(44-3)14-12-24)34(43)37-29(32(41)35(2)22-46-35)20-26-9-6-8-25-7-4-5-10-28(25)26;3-2(4,5)1(6)7/h11-14,23,25-26,28-30H,4-10,15-22H2,1-3H3,(H,36,40)(H,37,43)(H,38,42);(H,6,7)/t23-,25?,26?,28?,29-,30-,35+;/m0./s1. The minimum atomic E-state index is -5.08. The van der Waals surface area contributed by atoms with Crippen molar-refractivity contribution in [1.82, 2.24) is 20.9 Å². The van der Waals surface area contributed by atoms with Gasteiger partial charge in [-0.25, -0.2) is 4.79 Å². The van der Waals surface area contributed by atoms with E-state index < -0.39 is 47.7 Å². The highest BCUT2D eigenvalue weighted by atomic mass is 19.4. The first-order valence-electron chi connectivity index (χ1n) is 18.4. The summed E-state index contributed by atoms with van der Waals surface area (Å²) in [4.78, 5) is 64.8. The number of epoxide rings is 1. The molecule has 7 atom stereocenters. The second-order valence-electron chi connectivity index (χ2n) is 14.7. The van der Waals surface area contributed by atoms with Crippen LogP contribution in [0.15, 0.2) is 24.3 Å². The maximum Gasteiger partial charge on any atom is 0.490 e. The van der Waals surface area contributed by atoms with Crippen molar-refractivity contribution in [1.29, 1.82) is 0 Å². The Bertz CT molecular complexity index is 1410. The first-order chi connectivity index (χ1) is 25.1. The van der Waals surface area contributed by atoms with Gasteiger partial charge < -0.3 is 35.3 Å². The van der Waals surface area contributed by atoms with E-state index in [0.29, 0.717) is 62.8 Å². The molecule has 3 amide bonds. The van der Waals surface area contributed by atoms with Gasteiger partial charge in [0.1, 0.15) is 23.4 Å². The number of alkyl halides is 3. The summed E-state index contributed by atoms with van der Waals surface area (Å²) in [5, 5.41) is 15.8. The van der Waals surface area contributed by atoms with Crippen LogP contribution in [0, 0.1) is 17.8 Å². The van der Waals surface area contributed by atoms with Gasteiger partial charge in [0.25, 0.3) is 0 Å². The average molecular weight is 755 g/mol. The Morgan fingerprint density at radius 1 is 0.943 bits per heavy atom. The molecule has 13 nitrogen and oxygen atoms in total. The second kappa shape index (κ2) is 19.0. The number of methoxy groups -OCH3 is 1. The van der Waals surface area contributed by atoms with Gasteiger partial charge >= 0.3 is 12.1 Å². The average Bonchev–Trinajstić information content (AvgIpc) is 3.89. The molecular weight excluding hydrogens is 701 g/mol. The van der Waals surface area contributed by atoms with Gasteiger partial charge in [-0.1, -0.05) is 50.7 Å². The number of Topliss-reactive ketones (excluding diaryl/α,β-unsaturated/α-hetero) is 1. The Balaban J connectivity index is 0.000000815. The van der Waals surface area contributed by atoms with Crippen molar-refractivity contribution in [3.63, 3.8) is 0 Å². The van der Waals surface area contributed by atoms with Crippen molar-refractivity contribution in [2.75, 3.05) is 46.6 Å². The lowest BCUT2D eigenvalue weighted by Crippen LogP contribution is -2.57. The summed E-state index contributed by atoms with van der Waals surface area (Å²) in [5.74, 6) is -1.68. The van der Waals surface area contributed by atoms with Crippen LogP contribution in [0.5, 0.6) is 5.75 Å². The second-order valence-corrected chi connectivity index (χ2v) is 14.7. The number of halogens is 3. The predicted molar refractivity (Wildman–Crippen MR) is 186 cm³/mol. The van der Waals surface area contributed by atoms with Gasteiger partial charge in [-0.2, -0.15) is 13.2 Å². The number of morpholine rings is 1. The minimum Gasteiger partial charge on any atom is -0.497 e. The molecule has 2 saturated carbocycles. The number of amides is 3. The lowest BCUT2D eigenvalue weighted by molar-refractivity contribution is -0.192. The van der Waals surface area contributed by atoms with E-state index in [9.17, 15) is 32.3 Å². The summed E-state index contributed by atoms with van der Waals surface area (Å²) >= 11 is 0. The Hall–Kier alpha value is -3.76. The topological polar surface area (TPSA) is 176 Å². The third-order valence-electron chi connectivity index (χ3n) is 10.7. The summed E-state index contributed by atoms with van der Waals surface area (Å²) in [6.45, 7) is 6.37. The Morgan fingerprint density at radius 2 is 1.55 bits per heavy atom. The van der Waals surface area contributed by atoms with Crippen molar-refractivity contribution in [3.05, 3.63) is 29.8 Å². The SMILES string of the molecule is COc1ccc(C[C@H](NC(=O)[C@H](C)NC(=O)CN2CCOCC2)C(=O)N[C@@H](CC2CCCC3CCCCC32)C(=O)[C@@]2(C)CO2)cc1.O=C(O)C(F)(F)F. The predicted octanol–water partition coefficient (Wildman–Crippen LogP) is 3.03. The van der Waals surface area contributed by atoms with Crippen molar-refractivity contribution in [3.8, 4) is 5.75 Å². The smallest absolute Gasteiger partial charge is 0.490 e. The number of carboxylic acids is 1. The number of rotatable bonds is 14. The quantitative estimate of drug-likeness (QED) is 0.207. The highest BCUT2D eigenvalue weighted by Gasteiger charge is 2.51. The molecule has 3 unspecified atom stereocenters. The molecule has 4 N–H and O–H groups in total. The van der Waals surface area contributed by atoms with Crippen LogP contribution in [0.4, 0.5) is 13.2 Å². The number of benzene rings is 1. The maximum absolute atomic E-state index is 14.1. The Labute approximate surface area is 308 Å². The third kappa shape index (κ3) is 12.7. The first kappa shape index (κ1) is 42.0. The molecule has 296 valence electrons. The normalized spacial score (nSPS) is 25.9. The van der Waals surface area contributed by atoms with Gasteiger partial charge in [-0.05, 0) is 62.1 Å². The minimum absolute atomic E-state index is 0.1000. The number of carboxylic acid groups (broad SMARTS) is 1. The zero-order valence-corrected chi connectivity index (χ0v) is 30.7. The van der Waals surface area contributed by atoms with Crippen LogP contribution in [0.1, 0.15) is 70.8 Å². The molecule has 0 radical (unpaired) electrons. The number of hydrogen-bond donors (Lipinski definition) is 4. The monoisotopic (exact) mass is 754 g/mol. The van der Waals surface area contributed by atoms with E-state index in [4.69, 9.17) is 24.1 Å². The van der Waals surface area contributed by atoms with Crippen LogP contribution >= 0.6 is 0 Å². The van der Waals surface area contributed by atoms with Gasteiger partial charge in [0.15, 0.2) is 5.78 Å². The number of aliphatic carboxylic acids is 1. The molecule has 2 saturated heterocycles. The summed E-state index contributed by atoms with van der Waals surface area (Å²) in [5.41, 5.74) is -0.0602. The highest BCUT2D eigenvalue weighted by molar-refractivity contribution is 5.98. The van der Waals surface area contributed by atoms with Crippen molar-refractivity contribution in [2.45, 2.75) is 102 Å². The fraction of sp³-hybridized carbons (Fsp3) is 0.703. The zero-order chi connectivity index (χ0) is 38.8. The van der Waals surface area contributed by atoms with Crippen LogP contribution in [-0.4, -0.2) is 116 Å². The fourth-order valence-corrected chi connectivity index (χ4v) is 7.61. The first-order valence-corrected chi connectivity index (χ1v) is 18.4. The van der Waals surface area contributed by atoms with Crippen molar-refractivity contribution >= 4 is 29.5 Å². The number of carbonyl (C=O) groups excluding carboxylic acids is 4. The van der Waals surface area contributed by atoms with E-state index >= 15 is 0 Å². The molecule has 16 heteroatoms. The molecule has 4 aliphatic rings. The Kier molecular flexibility index (Phi) is 15.1. The lowest BCUT2D eigenvalue weighted by atomic mass is 9.64. The lowest BCUT2D eigenvalue weighted by Gasteiger charge is -2.42. The van der Waals surface area contributed by atoms with E-state index in [1.807, 2.05) is 29.2 Å². The van der Waals surface area contributed by atoms with Crippen LogP contribution in [-0.2, 0) is 39.9 Å². The molecule has 53 heavy (non-hydrogen) atoms. The van der Waals surface area contributed by atoms with E-state index in [1.54, 1.807) is 21.0 Å². The molecule has 2 aliphatic carbocycles. The van der Waals surface area contributed by atoms with Gasteiger partial charge in [-0.3, -0.25) is 24.1 Å². The van der Waals surface area contributed by atoms with E-state index in [2.05, 4.69) is 16.0 Å². The zero-order valence-electron chi connectivity index (χ0n) is 30.7. The molecule has 0 aromatic heterocycles. The summed E-state index contributed by atoms with van der Waals surface area (Å²) in [6, 6.07) is 4.80. The maximum atomic E-state index is 14.1. The molecule has 4 fully saturated rings. The number of hydrogen-bond acceptors (Lipinski definition) is 9. The van der Waals surface area contributed by atoms with Gasteiger partial charge in [0, 0.05) is 19.5 Å². The van der Waals surface area contributed by atoms with Gasteiger partial charge in [0.05, 0.1) is 39.5 Å². The number of ether oxygens (including phenoxy) is 3. The molecular formula is C37H53F3N4O9. The number of ketones is 1. The van der Waals surface area contributed by atoms with Gasteiger partial charge in [0.2, 0.25) is 17.7 Å². The fourth-order valence-electron chi connectivity index (χ4n) is 7.61. The highest BCUT2D eigenvalue weighted by Crippen LogP contribution is 2.46. The van der Waals surface area contributed by atoms with E-state index in [0.717, 1.165) is 18.4 Å². The summed E-state index contributed by atoms with van der Waals surface area (Å²) < 4.78 is 47.9.